The maximum Gasteiger partial charge on any atom is 0.330 e. The Balaban J connectivity index is 3.18. The van der Waals surface area contributed by atoms with Crippen molar-refractivity contribution < 1.29 is 9.53 Å². The normalized spacial score (nSPS) is 11.3. The molecule has 0 spiro atoms. The first-order chi connectivity index (χ1) is 7.31. The summed E-state index contributed by atoms with van der Waals surface area (Å²) in [5, 5.41) is 0. The van der Waals surface area contributed by atoms with Gasteiger partial charge in [0.15, 0.2) is 0 Å². The maximum absolute atomic E-state index is 10.7. The van der Waals surface area contributed by atoms with Crippen LogP contribution in [0.2, 0.25) is 0 Å². The van der Waals surface area contributed by atoms with E-state index in [9.17, 15) is 4.79 Å². The summed E-state index contributed by atoms with van der Waals surface area (Å²) in [7, 11) is 1.40. The van der Waals surface area contributed by atoms with E-state index in [4.69, 9.17) is 0 Å². The van der Waals surface area contributed by atoms with Crippen LogP contribution in [0.1, 0.15) is 45.4 Å². The van der Waals surface area contributed by atoms with E-state index in [2.05, 4.69) is 23.8 Å². The molecule has 2 heteroatoms. The highest BCUT2D eigenvalue weighted by Gasteiger charge is 1.90. The third-order valence-electron chi connectivity index (χ3n) is 2.18. The zero-order chi connectivity index (χ0) is 11.4. The van der Waals surface area contributed by atoms with Crippen molar-refractivity contribution in [3.05, 3.63) is 24.3 Å². The first kappa shape index (κ1) is 13.9. The van der Waals surface area contributed by atoms with Crippen molar-refractivity contribution in [1.29, 1.82) is 0 Å². The Bertz CT molecular complexity index is 205. The number of carbonyl (C=O) groups excluding carboxylic acids is 1. The minimum atomic E-state index is -0.261. The van der Waals surface area contributed by atoms with Gasteiger partial charge >= 0.3 is 5.97 Å². The lowest BCUT2D eigenvalue weighted by molar-refractivity contribution is -0.134. The second-order valence-corrected chi connectivity index (χ2v) is 3.49. The van der Waals surface area contributed by atoms with E-state index in [-0.39, 0.29) is 5.97 Å². The van der Waals surface area contributed by atoms with Crippen LogP contribution in [0, 0.1) is 0 Å². The molecule has 0 amide bonds. The number of allylic oxidation sites excluding steroid dienone is 3. The summed E-state index contributed by atoms with van der Waals surface area (Å²) >= 11 is 0. The summed E-state index contributed by atoms with van der Waals surface area (Å²) in [5.74, 6) is -0.261. The second-order valence-electron chi connectivity index (χ2n) is 3.49. The predicted molar refractivity (Wildman–Crippen MR) is 63.7 cm³/mol. The van der Waals surface area contributed by atoms with Crippen molar-refractivity contribution in [2.24, 2.45) is 0 Å². The fourth-order valence-electron chi connectivity index (χ4n) is 1.29. The SMILES string of the molecule is CC=CCCCCCCC=CC(=O)OC. The molecule has 0 aromatic heterocycles. The van der Waals surface area contributed by atoms with Gasteiger partial charge in [0, 0.05) is 6.08 Å². The molecule has 2 nitrogen and oxygen atoms in total. The van der Waals surface area contributed by atoms with Gasteiger partial charge in [0.05, 0.1) is 7.11 Å². The predicted octanol–water partition coefficient (Wildman–Crippen LogP) is 3.63. The standard InChI is InChI=1S/C13H22O2/c1-3-4-5-6-7-8-9-10-11-12-13(14)15-2/h3-4,11-12H,5-10H2,1-2H3. The van der Waals surface area contributed by atoms with Crippen molar-refractivity contribution in [2.45, 2.75) is 45.4 Å². The second kappa shape index (κ2) is 11.0. The minimum absolute atomic E-state index is 0.261. The molecular weight excluding hydrogens is 188 g/mol. The van der Waals surface area contributed by atoms with Gasteiger partial charge in [-0.2, -0.15) is 0 Å². The average Bonchev–Trinajstić information content (AvgIpc) is 2.26. The van der Waals surface area contributed by atoms with Crippen molar-refractivity contribution in [3.8, 4) is 0 Å². The molecule has 0 rings (SSSR count). The Labute approximate surface area is 93.0 Å². The third-order valence-corrected chi connectivity index (χ3v) is 2.18. The molecule has 0 radical (unpaired) electrons. The Morgan fingerprint density at radius 3 is 2.20 bits per heavy atom. The van der Waals surface area contributed by atoms with Crippen LogP contribution in [0.25, 0.3) is 0 Å². The van der Waals surface area contributed by atoms with Gasteiger partial charge in [-0.25, -0.2) is 4.79 Å². The van der Waals surface area contributed by atoms with Gasteiger partial charge in [-0.3, -0.25) is 0 Å². The highest BCUT2D eigenvalue weighted by molar-refractivity contribution is 5.81. The summed E-state index contributed by atoms with van der Waals surface area (Å²) in [6.45, 7) is 2.05. The lowest BCUT2D eigenvalue weighted by Gasteiger charge is -1.96. The third kappa shape index (κ3) is 10.9. The van der Waals surface area contributed by atoms with Gasteiger partial charge in [0.25, 0.3) is 0 Å². The summed E-state index contributed by atoms with van der Waals surface area (Å²) in [5.41, 5.74) is 0. The molecular formula is C13H22O2. The number of rotatable bonds is 8. The molecule has 0 heterocycles. The number of methoxy groups -OCH3 is 1. The summed E-state index contributed by atoms with van der Waals surface area (Å²) in [4.78, 5) is 10.7. The minimum Gasteiger partial charge on any atom is -0.466 e. The Hall–Kier alpha value is -1.05. The Morgan fingerprint density at radius 1 is 1.07 bits per heavy atom. The van der Waals surface area contributed by atoms with Crippen LogP contribution in [0.4, 0.5) is 0 Å². The first-order valence-electron chi connectivity index (χ1n) is 5.67. The van der Waals surface area contributed by atoms with Crippen LogP contribution < -0.4 is 0 Å². The van der Waals surface area contributed by atoms with Gasteiger partial charge in [-0.15, -0.1) is 0 Å². The maximum atomic E-state index is 10.7. The van der Waals surface area contributed by atoms with Gasteiger partial charge in [-0.1, -0.05) is 31.1 Å². The molecule has 0 aliphatic heterocycles. The summed E-state index contributed by atoms with van der Waals surface area (Å²) in [6, 6.07) is 0. The lowest BCUT2D eigenvalue weighted by Crippen LogP contribution is -1.93. The number of ether oxygens (including phenoxy) is 1. The van der Waals surface area contributed by atoms with Gasteiger partial charge in [0.2, 0.25) is 0 Å². The van der Waals surface area contributed by atoms with Gasteiger partial charge in [0.1, 0.15) is 0 Å². The molecule has 0 saturated heterocycles. The number of unbranched alkanes of at least 4 members (excludes halogenated alkanes) is 5. The monoisotopic (exact) mass is 210 g/mol. The molecule has 15 heavy (non-hydrogen) atoms. The molecule has 0 unspecified atom stereocenters. The van der Waals surface area contributed by atoms with Crippen molar-refractivity contribution in [2.75, 3.05) is 7.11 Å². The van der Waals surface area contributed by atoms with Crippen LogP contribution in [0.15, 0.2) is 24.3 Å². The molecule has 0 aliphatic carbocycles. The molecule has 0 N–H and O–H groups in total. The van der Waals surface area contributed by atoms with Crippen molar-refractivity contribution >= 4 is 5.97 Å². The molecule has 0 aliphatic rings. The van der Waals surface area contributed by atoms with Crippen LogP contribution in [-0.4, -0.2) is 13.1 Å². The smallest absolute Gasteiger partial charge is 0.330 e. The quantitative estimate of drug-likeness (QED) is 0.265. The Kier molecular flexibility index (Phi) is 10.3. The first-order valence-corrected chi connectivity index (χ1v) is 5.67. The van der Waals surface area contributed by atoms with Crippen LogP contribution in [0.5, 0.6) is 0 Å². The van der Waals surface area contributed by atoms with Crippen molar-refractivity contribution in [3.63, 3.8) is 0 Å². The molecule has 0 saturated carbocycles. The van der Waals surface area contributed by atoms with E-state index < -0.39 is 0 Å². The van der Waals surface area contributed by atoms with Crippen molar-refractivity contribution in [1.82, 2.24) is 0 Å². The van der Waals surface area contributed by atoms with E-state index in [1.165, 1.54) is 38.9 Å². The van der Waals surface area contributed by atoms with Crippen LogP contribution >= 0.6 is 0 Å². The molecule has 0 bridgehead atoms. The van der Waals surface area contributed by atoms with Crippen LogP contribution in [0.3, 0.4) is 0 Å². The zero-order valence-electron chi connectivity index (χ0n) is 9.87. The largest absolute Gasteiger partial charge is 0.466 e. The van der Waals surface area contributed by atoms with Gasteiger partial charge in [-0.05, 0) is 32.6 Å². The molecule has 0 fully saturated rings. The van der Waals surface area contributed by atoms with E-state index in [1.54, 1.807) is 0 Å². The van der Waals surface area contributed by atoms with Gasteiger partial charge < -0.3 is 4.74 Å². The fourth-order valence-corrected chi connectivity index (χ4v) is 1.29. The zero-order valence-corrected chi connectivity index (χ0v) is 9.87. The topological polar surface area (TPSA) is 26.3 Å². The van der Waals surface area contributed by atoms with E-state index >= 15 is 0 Å². The number of esters is 1. The number of hydrogen-bond donors (Lipinski definition) is 0. The number of carbonyl (C=O) groups is 1. The molecule has 0 atom stereocenters. The molecule has 0 aromatic carbocycles. The highest BCUT2D eigenvalue weighted by atomic mass is 16.5. The van der Waals surface area contributed by atoms with Crippen LogP contribution in [-0.2, 0) is 9.53 Å². The van der Waals surface area contributed by atoms with E-state index in [0.29, 0.717) is 0 Å². The summed E-state index contributed by atoms with van der Waals surface area (Å²) < 4.78 is 4.49. The van der Waals surface area contributed by atoms with E-state index in [1.807, 2.05) is 6.08 Å². The molecule has 86 valence electrons. The Morgan fingerprint density at radius 2 is 1.67 bits per heavy atom. The average molecular weight is 210 g/mol. The summed E-state index contributed by atoms with van der Waals surface area (Å²) in [6.07, 6.45) is 14.8. The molecule has 0 aromatic rings. The van der Waals surface area contributed by atoms with E-state index in [0.717, 1.165) is 12.8 Å². The fraction of sp³-hybridized carbons (Fsp3) is 0.615. The highest BCUT2D eigenvalue weighted by Crippen LogP contribution is 2.06. The number of hydrogen-bond acceptors (Lipinski definition) is 2. The lowest BCUT2D eigenvalue weighted by atomic mass is 10.1.